The summed E-state index contributed by atoms with van der Waals surface area (Å²) in [4.78, 5) is 23.0. The number of hydrogen-bond donors (Lipinski definition) is 3. The molecule has 1 aliphatic heterocycles. The number of hydrazine groups is 1. The molecule has 8 heteroatoms. The Bertz CT molecular complexity index is 577. The molecule has 1 amide bonds. The summed E-state index contributed by atoms with van der Waals surface area (Å²) >= 11 is 0. The van der Waals surface area contributed by atoms with Gasteiger partial charge in [0, 0.05) is 6.61 Å². The topological polar surface area (TPSA) is 120 Å². The van der Waals surface area contributed by atoms with Crippen molar-refractivity contribution >= 4 is 17.3 Å². The van der Waals surface area contributed by atoms with Gasteiger partial charge in [0.05, 0.1) is 16.6 Å². The Kier molecular flexibility index (Phi) is 4.10. The van der Waals surface area contributed by atoms with Crippen molar-refractivity contribution in [2.24, 2.45) is 5.84 Å². The van der Waals surface area contributed by atoms with E-state index in [1.54, 1.807) is 0 Å². The van der Waals surface area contributed by atoms with Crippen molar-refractivity contribution in [3.8, 4) is 0 Å². The van der Waals surface area contributed by atoms with Crippen LogP contribution >= 0.6 is 0 Å². The molecule has 8 nitrogen and oxygen atoms in total. The van der Waals surface area contributed by atoms with Crippen molar-refractivity contribution in [1.82, 2.24) is 5.32 Å². The third-order valence-electron chi connectivity index (χ3n) is 3.90. The SMILES string of the molecule is CC1OCCC1(C)NC(=O)c1cccc(NN)c1[N+](=O)[O-]. The predicted molar refractivity (Wildman–Crippen MR) is 76.8 cm³/mol. The Morgan fingerprint density at radius 1 is 1.57 bits per heavy atom. The Labute approximate surface area is 121 Å². The summed E-state index contributed by atoms with van der Waals surface area (Å²) in [6.07, 6.45) is 0.499. The predicted octanol–water partition coefficient (Wildman–Crippen LogP) is 1.18. The van der Waals surface area contributed by atoms with E-state index in [9.17, 15) is 14.9 Å². The van der Waals surface area contributed by atoms with E-state index in [0.717, 1.165) is 0 Å². The summed E-state index contributed by atoms with van der Waals surface area (Å²) in [5.74, 6) is 4.75. The van der Waals surface area contributed by atoms with Crippen LogP contribution in [0.5, 0.6) is 0 Å². The number of ether oxygens (including phenoxy) is 1. The molecule has 0 radical (unpaired) electrons. The number of para-hydroxylation sites is 1. The highest BCUT2D eigenvalue weighted by Crippen LogP contribution is 2.30. The van der Waals surface area contributed by atoms with E-state index in [4.69, 9.17) is 10.6 Å². The van der Waals surface area contributed by atoms with E-state index in [2.05, 4.69) is 10.7 Å². The number of nitro benzene ring substituents is 1. The number of carbonyl (C=O) groups is 1. The highest BCUT2D eigenvalue weighted by Gasteiger charge is 2.39. The molecule has 1 saturated heterocycles. The van der Waals surface area contributed by atoms with Gasteiger partial charge in [-0.2, -0.15) is 0 Å². The zero-order valence-electron chi connectivity index (χ0n) is 11.9. The first-order chi connectivity index (χ1) is 9.89. The first-order valence-corrected chi connectivity index (χ1v) is 6.57. The zero-order chi connectivity index (χ0) is 15.6. The van der Waals surface area contributed by atoms with Crippen LogP contribution in [0.15, 0.2) is 18.2 Å². The molecule has 0 bridgehead atoms. The number of amides is 1. The van der Waals surface area contributed by atoms with Gasteiger partial charge in [-0.25, -0.2) is 0 Å². The molecule has 1 fully saturated rings. The van der Waals surface area contributed by atoms with Crippen molar-refractivity contribution in [2.75, 3.05) is 12.0 Å². The first-order valence-electron chi connectivity index (χ1n) is 6.57. The summed E-state index contributed by atoms with van der Waals surface area (Å²) in [6, 6.07) is 4.38. The van der Waals surface area contributed by atoms with Crippen LogP contribution < -0.4 is 16.6 Å². The molecule has 0 saturated carbocycles. The molecule has 2 rings (SSSR count). The van der Waals surface area contributed by atoms with Crippen LogP contribution in [-0.4, -0.2) is 29.1 Å². The van der Waals surface area contributed by atoms with Crippen LogP contribution in [0.2, 0.25) is 0 Å². The lowest BCUT2D eigenvalue weighted by molar-refractivity contribution is -0.384. The van der Waals surface area contributed by atoms with Crippen LogP contribution in [0.25, 0.3) is 0 Å². The summed E-state index contributed by atoms with van der Waals surface area (Å²) < 4.78 is 5.45. The minimum atomic E-state index is -0.624. The van der Waals surface area contributed by atoms with Crippen LogP contribution in [-0.2, 0) is 4.74 Å². The fourth-order valence-electron chi connectivity index (χ4n) is 2.37. The van der Waals surface area contributed by atoms with Crippen molar-refractivity contribution in [3.05, 3.63) is 33.9 Å². The van der Waals surface area contributed by atoms with E-state index in [0.29, 0.717) is 13.0 Å². The maximum atomic E-state index is 12.4. The quantitative estimate of drug-likeness (QED) is 0.436. The van der Waals surface area contributed by atoms with Gasteiger partial charge in [0.25, 0.3) is 5.91 Å². The number of rotatable bonds is 4. The van der Waals surface area contributed by atoms with Crippen molar-refractivity contribution in [2.45, 2.75) is 31.9 Å². The van der Waals surface area contributed by atoms with Gasteiger partial charge in [0.1, 0.15) is 11.3 Å². The molecule has 4 N–H and O–H groups in total. The number of nitrogens with two attached hydrogens (primary N) is 1. The molecule has 2 unspecified atom stereocenters. The van der Waals surface area contributed by atoms with Gasteiger partial charge in [0.15, 0.2) is 0 Å². The number of nitro groups is 1. The molecule has 1 heterocycles. The molecule has 1 aromatic carbocycles. The Morgan fingerprint density at radius 2 is 2.29 bits per heavy atom. The molecule has 0 spiro atoms. The molecule has 2 atom stereocenters. The van der Waals surface area contributed by atoms with E-state index in [1.807, 2.05) is 13.8 Å². The third kappa shape index (κ3) is 2.81. The van der Waals surface area contributed by atoms with Crippen molar-refractivity contribution in [1.29, 1.82) is 0 Å². The van der Waals surface area contributed by atoms with Gasteiger partial charge in [-0.15, -0.1) is 0 Å². The number of nitrogen functional groups attached to an aromatic ring is 1. The highest BCUT2D eigenvalue weighted by atomic mass is 16.6. The fraction of sp³-hybridized carbons (Fsp3) is 0.462. The summed E-state index contributed by atoms with van der Waals surface area (Å²) in [7, 11) is 0. The summed E-state index contributed by atoms with van der Waals surface area (Å²) in [5.41, 5.74) is 1.41. The zero-order valence-corrected chi connectivity index (χ0v) is 11.9. The standard InChI is InChI=1S/C13H18N4O4/c1-8-13(2,6-7-21-8)15-12(18)9-4-3-5-10(16-14)11(9)17(19)20/h3-5,8,16H,6-7,14H2,1-2H3,(H,15,18). The van der Waals surface area contributed by atoms with Gasteiger partial charge >= 0.3 is 5.69 Å². The van der Waals surface area contributed by atoms with E-state index >= 15 is 0 Å². The minimum absolute atomic E-state index is 0.0317. The van der Waals surface area contributed by atoms with E-state index < -0.39 is 16.4 Å². The Morgan fingerprint density at radius 3 is 2.81 bits per heavy atom. The number of nitrogens with zero attached hydrogens (tertiary/aromatic N) is 1. The van der Waals surface area contributed by atoms with Crippen LogP contribution in [0, 0.1) is 10.1 Å². The number of hydrogen-bond acceptors (Lipinski definition) is 6. The number of nitrogens with one attached hydrogen (secondary N) is 2. The Balaban J connectivity index is 2.33. The molecule has 114 valence electrons. The monoisotopic (exact) mass is 294 g/mol. The van der Waals surface area contributed by atoms with E-state index in [1.165, 1.54) is 18.2 Å². The molecule has 1 aromatic rings. The van der Waals surface area contributed by atoms with E-state index in [-0.39, 0.29) is 23.0 Å². The third-order valence-corrected chi connectivity index (χ3v) is 3.90. The summed E-state index contributed by atoms with van der Waals surface area (Å²) in [5, 5.41) is 14.0. The second-order valence-corrected chi connectivity index (χ2v) is 5.24. The second-order valence-electron chi connectivity index (χ2n) is 5.24. The van der Waals surface area contributed by atoms with Gasteiger partial charge in [-0.3, -0.25) is 20.8 Å². The number of benzene rings is 1. The average molecular weight is 294 g/mol. The lowest BCUT2D eigenvalue weighted by Crippen LogP contribution is -2.50. The largest absolute Gasteiger partial charge is 0.376 e. The van der Waals surface area contributed by atoms with Crippen LogP contribution in [0.1, 0.15) is 30.6 Å². The van der Waals surface area contributed by atoms with Crippen LogP contribution in [0.4, 0.5) is 11.4 Å². The molecule has 0 aromatic heterocycles. The molecular formula is C13H18N4O4. The fourth-order valence-corrected chi connectivity index (χ4v) is 2.37. The van der Waals surface area contributed by atoms with Gasteiger partial charge in [-0.1, -0.05) is 6.07 Å². The van der Waals surface area contributed by atoms with Gasteiger partial charge in [0.2, 0.25) is 0 Å². The molecule has 0 aliphatic carbocycles. The number of carbonyl (C=O) groups excluding carboxylic acids is 1. The molecule has 1 aliphatic rings. The second kappa shape index (κ2) is 5.66. The lowest BCUT2D eigenvalue weighted by atomic mass is 9.94. The summed E-state index contributed by atoms with van der Waals surface area (Å²) in [6.45, 7) is 4.27. The van der Waals surface area contributed by atoms with Gasteiger partial charge < -0.3 is 15.5 Å². The minimum Gasteiger partial charge on any atom is -0.376 e. The normalized spacial score (nSPS) is 24.6. The molecule has 21 heavy (non-hydrogen) atoms. The van der Waals surface area contributed by atoms with Crippen molar-refractivity contribution < 1.29 is 14.5 Å². The van der Waals surface area contributed by atoms with Gasteiger partial charge in [-0.05, 0) is 32.4 Å². The first kappa shape index (κ1) is 15.2. The van der Waals surface area contributed by atoms with Crippen LogP contribution in [0.3, 0.4) is 0 Å². The average Bonchev–Trinajstić information content (AvgIpc) is 2.77. The number of anilines is 1. The molecular weight excluding hydrogens is 276 g/mol. The smallest absolute Gasteiger partial charge is 0.306 e. The maximum absolute atomic E-state index is 12.4. The maximum Gasteiger partial charge on any atom is 0.306 e. The highest BCUT2D eigenvalue weighted by molar-refractivity contribution is 6.00. The lowest BCUT2D eigenvalue weighted by Gasteiger charge is -2.28. The Hall–Kier alpha value is -2.19. The van der Waals surface area contributed by atoms with Crippen molar-refractivity contribution in [3.63, 3.8) is 0 Å².